The number of halogens is 2. The molecule has 44 heavy (non-hydrogen) atoms. The molecule has 4 fully saturated rings. The van der Waals surface area contributed by atoms with Crippen LogP contribution in [0.1, 0.15) is 64.2 Å². The Bertz CT molecular complexity index is 987. The molecule has 6 rings (SSSR count). The molecule has 6 aliphatic rings. The summed E-state index contributed by atoms with van der Waals surface area (Å²) in [5, 5.41) is 0. The molecule has 0 amide bonds. The van der Waals surface area contributed by atoms with E-state index < -0.39 is 16.6 Å². The molecule has 0 radical (unpaired) electrons. The van der Waals surface area contributed by atoms with Gasteiger partial charge in [0.25, 0.3) is 0 Å². The predicted octanol–water partition coefficient (Wildman–Crippen LogP) is 4.05. The van der Waals surface area contributed by atoms with Crippen LogP contribution in [0, 0.1) is 64.6 Å². The second-order valence-electron chi connectivity index (χ2n) is 16.8. The topological polar surface area (TPSA) is 18.5 Å². The van der Waals surface area contributed by atoms with Gasteiger partial charge in [0.1, 0.15) is 0 Å². The molecule has 6 aliphatic carbocycles. The third kappa shape index (κ3) is 7.97. The van der Waals surface area contributed by atoms with Crippen LogP contribution >= 0.6 is 0 Å². The van der Waals surface area contributed by atoms with Crippen molar-refractivity contribution in [1.82, 2.24) is 0 Å². The zero-order valence-electron chi connectivity index (χ0n) is 28.5. The van der Waals surface area contributed by atoms with Crippen molar-refractivity contribution in [2.75, 3.05) is 13.2 Å². The fraction of sp³-hybridized carbons (Fsp3) is 0.784. The van der Waals surface area contributed by atoms with Crippen molar-refractivity contribution >= 4 is 16.6 Å². The van der Waals surface area contributed by atoms with E-state index in [0.717, 1.165) is 60.6 Å². The van der Waals surface area contributed by atoms with Crippen LogP contribution in [0.3, 0.4) is 0 Å². The van der Waals surface area contributed by atoms with E-state index in [1.54, 1.807) is 0 Å². The Hall–Kier alpha value is 0.777. The molecule has 7 heteroatoms. The summed E-state index contributed by atoms with van der Waals surface area (Å²) in [6.07, 6.45) is 34.2. The molecule has 0 aliphatic heterocycles. The Morgan fingerprint density at radius 1 is 0.568 bits per heavy atom. The van der Waals surface area contributed by atoms with E-state index in [9.17, 15) is 0 Å². The fourth-order valence-electron chi connectivity index (χ4n) is 11.2. The van der Waals surface area contributed by atoms with Crippen LogP contribution in [-0.2, 0) is 35.1 Å². The van der Waals surface area contributed by atoms with Crippen LogP contribution in [0.2, 0.25) is 39.3 Å². The Balaban J connectivity index is 0.00000176. The number of allylic oxidation sites excluding steroid dienone is 8. The summed E-state index contributed by atoms with van der Waals surface area (Å²) < 4.78 is 13.8. The van der Waals surface area contributed by atoms with Gasteiger partial charge in [0, 0.05) is 13.2 Å². The van der Waals surface area contributed by atoms with Crippen molar-refractivity contribution in [1.29, 1.82) is 0 Å². The van der Waals surface area contributed by atoms with E-state index in [0.29, 0.717) is 11.8 Å². The molecule has 10 atom stereocenters. The SMILES string of the molecule is C[Si](C)(C)OCCCC(CO[Si](C)(C)C)(C1C2C=CC=CC2C2CCCCC21)C1C2C=CC=CC2C2CCCCC21.[Cl-].[Cl-].[Zr+2]. The first-order chi connectivity index (χ1) is 19.6. The summed E-state index contributed by atoms with van der Waals surface area (Å²) in [7, 11) is -3.25. The Morgan fingerprint density at radius 2 is 0.955 bits per heavy atom. The van der Waals surface area contributed by atoms with Gasteiger partial charge in [-0.05, 0) is 142 Å². The van der Waals surface area contributed by atoms with Crippen LogP contribution in [0.25, 0.3) is 0 Å². The predicted molar refractivity (Wildman–Crippen MR) is 179 cm³/mol. The average Bonchev–Trinajstić information content (AvgIpc) is 3.46. The summed E-state index contributed by atoms with van der Waals surface area (Å²) in [5.41, 5.74) is 0.216. The smallest absolute Gasteiger partial charge is 1.00 e. The van der Waals surface area contributed by atoms with Gasteiger partial charge in [-0.3, -0.25) is 0 Å². The largest absolute Gasteiger partial charge is 2.00 e. The van der Waals surface area contributed by atoms with Gasteiger partial charge in [0.2, 0.25) is 0 Å². The number of hydrogen-bond donors (Lipinski definition) is 0. The van der Waals surface area contributed by atoms with Crippen molar-refractivity contribution < 1.29 is 59.9 Å². The van der Waals surface area contributed by atoms with E-state index in [1.165, 1.54) is 64.2 Å². The molecule has 2 nitrogen and oxygen atoms in total. The minimum Gasteiger partial charge on any atom is -1.00 e. The van der Waals surface area contributed by atoms with Crippen molar-refractivity contribution in [3.05, 3.63) is 48.6 Å². The summed E-state index contributed by atoms with van der Waals surface area (Å²) >= 11 is 0. The molecule has 0 aromatic carbocycles. The summed E-state index contributed by atoms with van der Waals surface area (Å²) in [5.74, 6) is 7.72. The first-order valence-corrected chi connectivity index (χ1v) is 24.4. The molecule has 0 bridgehead atoms. The van der Waals surface area contributed by atoms with Crippen LogP contribution in [0.4, 0.5) is 0 Å². The van der Waals surface area contributed by atoms with Gasteiger partial charge in [0.15, 0.2) is 16.6 Å². The molecule has 0 saturated heterocycles. The van der Waals surface area contributed by atoms with Gasteiger partial charge in [-0.2, -0.15) is 0 Å². The summed E-state index contributed by atoms with van der Waals surface area (Å²) in [4.78, 5) is 0. The molecule has 0 N–H and O–H groups in total. The number of fused-ring (bicyclic) bond motifs is 6. The second kappa shape index (κ2) is 16.0. The number of hydrogen-bond acceptors (Lipinski definition) is 2. The molecule has 0 spiro atoms. The van der Waals surface area contributed by atoms with E-state index in [1.807, 2.05) is 0 Å². The Labute approximate surface area is 304 Å². The minimum atomic E-state index is -1.71. The van der Waals surface area contributed by atoms with Gasteiger partial charge in [0.05, 0.1) is 0 Å². The van der Waals surface area contributed by atoms with E-state index in [-0.39, 0.29) is 56.4 Å². The van der Waals surface area contributed by atoms with Crippen LogP contribution in [0.15, 0.2) is 48.6 Å². The third-order valence-electron chi connectivity index (χ3n) is 12.4. The van der Waals surface area contributed by atoms with Crippen LogP contribution in [0.5, 0.6) is 0 Å². The summed E-state index contributed by atoms with van der Waals surface area (Å²) in [6.45, 7) is 16.3. The van der Waals surface area contributed by atoms with Crippen molar-refractivity contribution in [3.63, 3.8) is 0 Å². The normalized spacial score (nSPS) is 38.2. The molecular weight excluding hydrogens is 695 g/mol. The molecular formula is C37H60Cl2O2Si2Zr. The zero-order chi connectivity index (χ0) is 28.8. The van der Waals surface area contributed by atoms with Gasteiger partial charge >= 0.3 is 26.2 Å². The molecule has 0 aromatic rings. The van der Waals surface area contributed by atoms with Gasteiger partial charge < -0.3 is 33.7 Å². The first-order valence-electron chi connectivity index (χ1n) is 17.6. The van der Waals surface area contributed by atoms with E-state index in [2.05, 4.69) is 87.9 Å². The van der Waals surface area contributed by atoms with Crippen molar-refractivity contribution in [2.24, 2.45) is 64.6 Å². The molecule has 4 saturated carbocycles. The summed E-state index contributed by atoms with van der Waals surface area (Å²) in [6, 6.07) is 0. The monoisotopic (exact) mass is 752 g/mol. The zero-order valence-corrected chi connectivity index (χ0v) is 34.4. The first kappa shape index (κ1) is 39.2. The van der Waals surface area contributed by atoms with Gasteiger partial charge in [-0.25, -0.2) is 0 Å². The maximum Gasteiger partial charge on any atom is 2.00 e. The molecule has 10 unspecified atom stereocenters. The van der Waals surface area contributed by atoms with Gasteiger partial charge in [-0.1, -0.05) is 74.3 Å². The Morgan fingerprint density at radius 3 is 1.36 bits per heavy atom. The third-order valence-corrected chi connectivity index (χ3v) is 14.4. The fourth-order valence-corrected chi connectivity index (χ4v) is 12.7. The standard InChI is InChI=1S/C37H60O2Si2.2ClH.Zr/c1-40(2,3)38-25-15-24-37(26-39-41(4,5)6,35-31-20-11-7-16-27(31)28-17-8-12-21-32(28)35)36-33-22-13-9-18-29(33)30-19-10-14-23-34(30)36;;;/h7,9,11,13,16,18,20,22,27-36H,8,10,12,14-15,17,19,21,23-26H2,1-6H3;2*1H;/q;;;+2/p-2. The van der Waals surface area contributed by atoms with Crippen LogP contribution < -0.4 is 24.8 Å². The van der Waals surface area contributed by atoms with Crippen molar-refractivity contribution in [2.45, 2.75) is 103 Å². The van der Waals surface area contributed by atoms with Crippen LogP contribution in [-0.4, -0.2) is 29.8 Å². The average molecular weight is 755 g/mol. The maximum absolute atomic E-state index is 7.26. The molecule has 246 valence electrons. The second-order valence-corrected chi connectivity index (χ2v) is 25.9. The Kier molecular flexibility index (Phi) is 14.3. The van der Waals surface area contributed by atoms with Crippen molar-refractivity contribution in [3.8, 4) is 0 Å². The van der Waals surface area contributed by atoms with E-state index in [4.69, 9.17) is 8.85 Å². The minimum absolute atomic E-state index is 0. The van der Waals surface area contributed by atoms with Gasteiger partial charge in [-0.15, -0.1) is 0 Å². The number of rotatable bonds is 10. The molecule has 0 heterocycles. The quantitative estimate of drug-likeness (QED) is 0.248. The van der Waals surface area contributed by atoms with E-state index >= 15 is 0 Å². The molecule has 0 aromatic heterocycles. The maximum atomic E-state index is 7.26.